The molecule has 0 aliphatic carbocycles. The van der Waals surface area contributed by atoms with Crippen molar-refractivity contribution < 1.29 is 9.18 Å². The summed E-state index contributed by atoms with van der Waals surface area (Å²) < 4.78 is 14.0. The summed E-state index contributed by atoms with van der Waals surface area (Å²) in [5.41, 5.74) is 6.87. The molecule has 2 aromatic heterocycles. The fraction of sp³-hybridized carbons (Fsp3) is 0.286. The van der Waals surface area contributed by atoms with Crippen molar-refractivity contribution in [1.82, 2.24) is 25.3 Å². The number of hydrogen-bond donors (Lipinski definition) is 2. The van der Waals surface area contributed by atoms with Crippen molar-refractivity contribution in [2.45, 2.75) is 25.4 Å². The van der Waals surface area contributed by atoms with Gasteiger partial charge in [-0.3, -0.25) is 14.8 Å². The molecule has 0 atom stereocenters. The fourth-order valence-corrected chi connectivity index (χ4v) is 3.46. The maximum Gasteiger partial charge on any atom is 0.251 e. The zero-order valence-corrected chi connectivity index (χ0v) is 16.3. The predicted molar refractivity (Wildman–Crippen MR) is 110 cm³/mol. The topological polar surface area (TPSA) is 110 Å². The molecule has 1 amide bonds. The second-order valence-corrected chi connectivity index (χ2v) is 7.14. The van der Waals surface area contributed by atoms with Gasteiger partial charge >= 0.3 is 0 Å². The average Bonchev–Trinajstić information content (AvgIpc) is 2.79. The van der Waals surface area contributed by atoms with E-state index < -0.39 is 11.7 Å². The Morgan fingerprint density at radius 3 is 2.53 bits per heavy atom. The van der Waals surface area contributed by atoms with Crippen LogP contribution in [0.15, 0.2) is 49.1 Å². The van der Waals surface area contributed by atoms with Gasteiger partial charge in [-0.15, -0.1) is 0 Å². The van der Waals surface area contributed by atoms with E-state index in [0.717, 1.165) is 37.6 Å². The highest BCUT2D eigenvalue weighted by molar-refractivity contribution is 5.93. The summed E-state index contributed by atoms with van der Waals surface area (Å²) in [4.78, 5) is 30.7. The van der Waals surface area contributed by atoms with Crippen LogP contribution >= 0.6 is 0 Å². The number of carbonyl (C=O) groups is 1. The molecule has 3 N–H and O–H groups in total. The van der Waals surface area contributed by atoms with Crippen LogP contribution in [0.1, 0.15) is 28.9 Å². The molecule has 0 radical (unpaired) electrons. The van der Waals surface area contributed by atoms with Crippen molar-refractivity contribution in [3.05, 3.63) is 66.1 Å². The minimum Gasteiger partial charge on any atom is -0.366 e. The third-order valence-electron chi connectivity index (χ3n) is 5.14. The van der Waals surface area contributed by atoms with Gasteiger partial charge in [-0.2, -0.15) is 0 Å². The highest BCUT2D eigenvalue weighted by Crippen LogP contribution is 2.20. The van der Waals surface area contributed by atoms with Gasteiger partial charge in [-0.05, 0) is 31.0 Å². The molecule has 1 saturated heterocycles. The van der Waals surface area contributed by atoms with Crippen LogP contribution in [0.2, 0.25) is 0 Å². The number of nitrogens with one attached hydrogen (secondary N) is 1. The number of hydrogen-bond acceptors (Lipinski definition) is 7. The number of anilines is 1. The Morgan fingerprint density at radius 1 is 1.13 bits per heavy atom. The molecule has 1 fully saturated rings. The van der Waals surface area contributed by atoms with Crippen molar-refractivity contribution >= 4 is 11.9 Å². The lowest BCUT2D eigenvalue weighted by atomic mass is 10.1. The van der Waals surface area contributed by atoms with E-state index in [0.29, 0.717) is 23.8 Å². The summed E-state index contributed by atoms with van der Waals surface area (Å²) in [7, 11) is 0. The van der Waals surface area contributed by atoms with Crippen LogP contribution in [0.5, 0.6) is 0 Å². The van der Waals surface area contributed by atoms with Crippen LogP contribution < -0.4 is 16.0 Å². The minimum atomic E-state index is -0.798. The number of aromatic nitrogens is 4. The molecule has 154 valence electrons. The number of piperidine rings is 1. The molecule has 1 aromatic carbocycles. The molecule has 4 rings (SSSR count). The van der Waals surface area contributed by atoms with Crippen LogP contribution in [-0.4, -0.2) is 45.0 Å². The summed E-state index contributed by atoms with van der Waals surface area (Å²) in [5.74, 6) is -0.689. The molecule has 9 heteroatoms. The van der Waals surface area contributed by atoms with Crippen molar-refractivity contribution in [3.8, 4) is 11.3 Å². The Labute approximate surface area is 173 Å². The Bertz CT molecular complexity index is 1010. The molecular weight excluding hydrogens is 385 g/mol. The van der Waals surface area contributed by atoms with Crippen molar-refractivity contribution in [2.24, 2.45) is 5.73 Å². The van der Waals surface area contributed by atoms with Gasteiger partial charge < -0.3 is 16.0 Å². The number of amides is 1. The molecule has 30 heavy (non-hydrogen) atoms. The molecule has 3 aromatic rings. The Kier molecular flexibility index (Phi) is 5.89. The Balaban J connectivity index is 1.30. The van der Waals surface area contributed by atoms with E-state index >= 15 is 0 Å². The predicted octanol–water partition coefficient (Wildman–Crippen LogP) is 1.93. The fourth-order valence-electron chi connectivity index (χ4n) is 3.46. The molecule has 1 aliphatic heterocycles. The molecule has 0 saturated carbocycles. The van der Waals surface area contributed by atoms with Gasteiger partial charge in [0.05, 0.1) is 29.3 Å². The first-order valence-electron chi connectivity index (χ1n) is 9.76. The summed E-state index contributed by atoms with van der Waals surface area (Å²) >= 11 is 0. The van der Waals surface area contributed by atoms with Gasteiger partial charge in [0, 0.05) is 43.6 Å². The highest BCUT2D eigenvalue weighted by atomic mass is 19.1. The zero-order chi connectivity index (χ0) is 20.9. The van der Waals surface area contributed by atoms with E-state index in [9.17, 15) is 9.18 Å². The lowest BCUT2D eigenvalue weighted by Crippen LogP contribution is -2.43. The van der Waals surface area contributed by atoms with Crippen molar-refractivity contribution in [2.75, 3.05) is 18.0 Å². The number of nitrogens with zero attached hydrogens (tertiary/aromatic N) is 5. The number of nitrogens with two attached hydrogens (primary N) is 1. The van der Waals surface area contributed by atoms with E-state index in [2.05, 4.69) is 30.2 Å². The monoisotopic (exact) mass is 407 g/mol. The maximum absolute atomic E-state index is 14.0. The molecule has 8 nitrogen and oxygen atoms in total. The number of primary amides is 1. The maximum atomic E-state index is 14.0. The lowest BCUT2D eigenvalue weighted by Gasteiger charge is -2.32. The number of carbonyl (C=O) groups excluding carboxylic acids is 1. The number of halogens is 1. The van der Waals surface area contributed by atoms with Crippen LogP contribution in [-0.2, 0) is 6.54 Å². The first kappa shape index (κ1) is 19.8. The van der Waals surface area contributed by atoms with Gasteiger partial charge in [-0.1, -0.05) is 6.07 Å². The zero-order valence-electron chi connectivity index (χ0n) is 16.3. The highest BCUT2D eigenvalue weighted by Gasteiger charge is 2.20. The standard InChI is InChI=1S/C21H22FN7O/c22-18-10-14(2-3-17(18)20(23)30)19-13-27-16(12-28-19)11-26-15-4-8-29(9-5-15)21-24-6-1-7-25-21/h1-3,6-7,10,12-13,15,26H,4-5,8-9,11H2,(H2,23,30). The molecule has 0 bridgehead atoms. The van der Waals surface area contributed by atoms with Crippen LogP contribution in [0.25, 0.3) is 11.3 Å². The van der Waals surface area contributed by atoms with Gasteiger partial charge in [0.25, 0.3) is 5.91 Å². The van der Waals surface area contributed by atoms with Crippen molar-refractivity contribution in [1.29, 1.82) is 0 Å². The van der Waals surface area contributed by atoms with Crippen LogP contribution in [0, 0.1) is 5.82 Å². The molecular formula is C21H22FN7O. The number of rotatable bonds is 6. The normalized spacial score (nSPS) is 14.6. The second kappa shape index (κ2) is 8.91. The van der Waals surface area contributed by atoms with Gasteiger partial charge in [0.2, 0.25) is 5.95 Å². The molecule has 0 spiro atoms. The Hall–Kier alpha value is -3.46. The lowest BCUT2D eigenvalue weighted by molar-refractivity contribution is 0.0996. The van der Waals surface area contributed by atoms with Crippen LogP contribution in [0.3, 0.4) is 0 Å². The third kappa shape index (κ3) is 4.57. The smallest absolute Gasteiger partial charge is 0.251 e. The minimum absolute atomic E-state index is 0.141. The molecule has 3 heterocycles. The molecule has 0 unspecified atom stereocenters. The van der Waals surface area contributed by atoms with E-state index in [1.807, 2.05) is 6.07 Å². The van der Waals surface area contributed by atoms with Gasteiger partial charge in [0.15, 0.2) is 0 Å². The summed E-state index contributed by atoms with van der Waals surface area (Å²) in [5, 5.41) is 3.52. The number of benzene rings is 1. The van der Waals surface area contributed by atoms with Crippen molar-refractivity contribution in [3.63, 3.8) is 0 Å². The summed E-state index contributed by atoms with van der Waals surface area (Å²) in [6, 6.07) is 6.41. The SMILES string of the molecule is NC(=O)c1ccc(-c2cnc(CNC3CCN(c4ncccn4)CC3)cn2)cc1F. The average molecular weight is 407 g/mol. The van der Waals surface area contributed by atoms with Gasteiger partial charge in [0.1, 0.15) is 5.82 Å². The van der Waals surface area contributed by atoms with E-state index in [-0.39, 0.29) is 5.56 Å². The quantitative estimate of drug-likeness (QED) is 0.642. The molecule has 1 aliphatic rings. The first-order chi connectivity index (χ1) is 14.6. The van der Waals surface area contributed by atoms with Crippen LogP contribution in [0.4, 0.5) is 10.3 Å². The van der Waals surface area contributed by atoms with Gasteiger partial charge in [-0.25, -0.2) is 14.4 Å². The van der Waals surface area contributed by atoms with E-state index in [1.54, 1.807) is 30.9 Å². The first-order valence-corrected chi connectivity index (χ1v) is 9.76. The largest absolute Gasteiger partial charge is 0.366 e. The third-order valence-corrected chi connectivity index (χ3v) is 5.14. The van der Waals surface area contributed by atoms with E-state index in [4.69, 9.17) is 5.73 Å². The second-order valence-electron chi connectivity index (χ2n) is 7.14. The summed E-state index contributed by atoms with van der Waals surface area (Å²) in [6.45, 7) is 2.41. The van der Waals surface area contributed by atoms with E-state index in [1.165, 1.54) is 12.1 Å². The Morgan fingerprint density at radius 2 is 1.90 bits per heavy atom. The summed E-state index contributed by atoms with van der Waals surface area (Å²) in [6.07, 6.45) is 8.79.